The summed E-state index contributed by atoms with van der Waals surface area (Å²) in [5.41, 5.74) is 1.03. The first-order chi connectivity index (χ1) is 8.11. The van der Waals surface area contributed by atoms with Crippen LogP contribution < -0.4 is 0 Å². The number of nitriles is 1. The Labute approximate surface area is 103 Å². The number of hydrogen-bond donors (Lipinski definition) is 0. The monoisotopic (exact) mass is 247 g/mol. The molecule has 0 atom stereocenters. The minimum absolute atomic E-state index is 0.234. The summed E-state index contributed by atoms with van der Waals surface area (Å²) in [6.07, 6.45) is 2.69. The fraction of sp³-hybridized carbons (Fsp3) is 0.250. The summed E-state index contributed by atoms with van der Waals surface area (Å²) < 4.78 is 13.0. The summed E-state index contributed by atoms with van der Waals surface area (Å²) >= 11 is 1.41. The van der Waals surface area contributed by atoms with E-state index in [0.29, 0.717) is 16.3 Å². The zero-order valence-corrected chi connectivity index (χ0v) is 10.3. The Bertz CT molecular complexity index is 584. The molecule has 0 saturated carbocycles. The van der Waals surface area contributed by atoms with Crippen molar-refractivity contribution in [3.63, 3.8) is 0 Å². The Morgan fingerprint density at radius 2 is 2.18 bits per heavy atom. The number of halogens is 1. The topological polar surface area (TPSA) is 49.6 Å². The van der Waals surface area contributed by atoms with Crippen molar-refractivity contribution in [1.29, 1.82) is 5.26 Å². The zero-order valence-electron chi connectivity index (χ0n) is 9.44. The SMILES string of the molecule is CC(C)c1sc(-c2cncc(F)c2)nc1C#N. The van der Waals surface area contributed by atoms with Gasteiger partial charge in [-0.15, -0.1) is 11.3 Å². The van der Waals surface area contributed by atoms with Gasteiger partial charge in [0.1, 0.15) is 16.9 Å². The van der Waals surface area contributed by atoms with E-state index in [0.717, 1.165) is 11.1 Å². The second-order valence-corrected chi connectivity index (χ2v) is 4.92. The zero-order chi connectivity index (χ0) is 12.4. The fourth-order valence-corrected chi connectivity index (χ4v) is 2.45. The van der Waals surface area contributed by atoms with Crippen LogP contribution in [0.2, 0.25) is 0 Å². The van der Waals surface area contributed by atoms with Crippen LogP contribution in [-0.4, -0.2) is 9.97 Å². The van der Waals surface area contributed by atoms with Crippen molar-refractivity contribution in [2.75, 3.05) is 0 Å². The van der Waals surface area contributed by atoms with E-state index in [1.54, 1.807) is 6.20 Å². The maximum Gasteiger partial charge on any atom is 0.155 e. The van der Waals surface area contributed by atoms with Crippen LogP contribution in [0.4, 0.5) is 4.39 Å². The van der Waals surface area contributed by atoms with E-state index in [-0.39, 0.29) is 5.92 Å². The van der Waals surface area contributed by atoms with Gasteiger partial charge < -0.3 is 0 Å². The van der Waals surface area contributed by atoms with E-state index in [2.05, 4.69) is 16.0 Å². The van der Waals surface area contributed by atoms with E-state index < -0.39 is 5.82 Å². The molecule has 0 spiro atoms. The molecule has 86 valence electrons. The summed E-state index contributed by atoms with van der Waals surface area (Å²) in [6.45, 7) is 4.00. The van der Waals surface area contributed by atoms with Gasteiger partial charge >= 0.3 is 0 Å². The first kappa shape index (κ1) is 11.7. The summed E-state index contributed by atoms with van der Waals surface area (Å²) in [4.78, 5) is 8.91. The molecule has 0 radical (unpaired) electrons. The lowest BCUT2D eigenvalue weighted by Crippen LogP contribution is -1.86. The average Bonchev–Trinajstić information content (AvgIpc) is 2.73. The van der Waals surface area contributed by atoms with Crippen molar-refractivity contribution in [1.82, 2.24) is 9.97 Å². The molecule has 2 rings (SSSR count). The second-order valence-electron chi connectivity index (χ2n) is 3.89. The molecule has 0 N–H and O–H groups in total. The smallest absolute Gasteiger partial charge is 0.155 e. The summed E-state index contributed by atoms with van der Waals surface area (Å²) in [7, 11) is 0. The minimum atomic E-state index is -0.401. The van der Waals surface area contributed by atoms with Gasteiger partial charge in [-0.25, -0.2) is 9.37 Å². The third kappa shape index (κ3) is 2.32. The molecule has 2 aromatic heterocycles. The predicted octanol–water partition coefficient (Wildman–Crippen LogP) is 3.34. The number of hydrogen-bond acceptors (Lipinski definition) is 4. The van der Waals surface area contributed by atoms with Crippen LogP contribution in [0.1, 0.15) is 30.3 Å². The molecule has 0 fully saturated rings. The third-order valence-electron chi connectivity index (χ3n) is 2.24. The highest BCUT2D eigenvalue weighted by molar-refractivity contribution is 7.15. The van der Waals surface area contributed by atoms with Crippen LogP contribution in [0.25, 0.3) is 10.6 Å². The first-order valence-corrected chi connectivity index (χ1v) is 5.95. The standard InChI is InChI=1S/C12H10FN3S/c1-7(2)11-10(4-14)16-12(17-11)8-3-9(13)6-15-5-8/h3,5-7H,1-2H3. The molecule has 0 aliphatic carbocycles. The molecular weight excluding hydrogens is 237 g/mol. The second kappa shape index (κ2) is 4.60. The molecule has 0 aliphatic heterocycles. The van der Waals surface area contributed by atoms with Crippen molar-refractivity contribution >= 4 is 11.3 Å². The van der Waals surface area contributed by atoms with Crippen LogP contribution >= 0.6 is 11.3 Å². The average molecular weight is 247 g/mol. The summed E-state index contributed by atoms with van der Waals surface area (Å²) in [5.74, 6) is -0.167. The van der Waals surface area contributed by atoms with E-state index in [1.807, 2.05) is 13.8 Å². The van der Waals surface area contributed by atoms with Gasteiger partial charge in [-0.1, -0.05) is 13.8 Å². The molecule has 2 heterocycles. The van der Waals surface area contributed by atoms with Crippen LogP contribution in [0.5, 0.6) is 0 Å². The highest BCUT2D eigenvalue weighted by atomic mass is 32.1. The predicted molar refractivity (Wildman–Crippen MR) is 64.1 cm³/mol. The lowest BCUT2D eigenvalue weighted by Gasteiger charge is -1.98. The molecule has 5 heteroatoms. The maximum atomic E-state index is 13.0. The Morgan fingerprint density at radius 3 is 2.71 bits per heavy atom. The molecule has 2 aromatic rings. The summed E-state index contributed by atoms with van der Waals surface area (Å²) in [6, 6.07) is 3.44. The van der Waals surface area contributed by atoms with E-state index in [1.165, 1.54) is 17.4 Å². The van der Waals surface area contributed by atoms with Gasteiger partial charge in [0, 0.05) is 16.6 Å². The minimum Gasteiger partial charge on any atom is -0.261 e. The van der Waals surface area contributed by atoms with E-state index in [4.69, 9.17) is 5.26 Å². The molecule has 0 saturated heterocycles. The van der Waals surface area contributed by atoms with E-state index >= 15 is 0 Å². The Morgan fingerprint density at radius 1 is 1.41 bits per heavy atom. The molecule has 0 bridgehead atoms. The lowest BCUT2D eigenvalue weighted by atomic mass is 10.1. The Kier molecular flexibility index (Phi) is 3.16. The van der Waals surface area contributed by atoms with Gasteiger partial charge in [-0.3, -0.25) is 4.98 Å². The summed E-state index contributed by atoms with van der Waals surface area (Å²) in [5, 5.41) is 9.62. The maximum absolute atomic E-state index is 13.0. The van der Waals surface area contributed by atoms with Gasteiger partial charge in [0.05, 0.1) is 6.20 Å². The van der Waals surface area contributed by atoms with Crippen molar-refractivity contribution in [2.24, 2.45) is 0 Å². The van der Waals surface area contributed by atoms with Crippen LogP contribution in [0, 0.1) is 17.1 Å². The normalized spacial score (nSPS) is 10.5. The Hall–Kier alpha value is -1.80. The molecule has 3 nitrogen and oxygen atoms in total. The van der Waals surface area contributed by atoms with Crippen LogP contribution in [0.3, 0.4) is 0 Å². The highest BCUT2D eigenvalue weighted by Gasteiger charge is 2.15. The number of nitrogens with zero attached hydrogens (tertiary/aromatic N) is 3. The highest BCUT2D eigenvalue weighted by Crippen LogP contribution is 2.32. The Balaban J connectivity index is 2.51. The molecule has 17 heavy (non-hydrogen) atoms. The molecule has 0 amide bonds. The quantitative estimate of drug-likeness (QED) is 0.817. The van der Waals surface area contributed by atoms with Crippen molar-refractivity contribution in [3.8, 4) is 16.6 Å². The van der Waals surface area contributed by atoms with Gasteiger partial charge in [-0.2, -0.15) is 5.26 Å². The van der Waals surface area contributed by atoms with Crippen molar-refractivity contribution in [2.45, 2.75) is 19.8 Å². The lowest BCUT2D eigenvalue weighted by molar-refractivity contribution is 0.622. The molecular formula is C12H10FN3S. The van der Waals surface area contributed by atoms with Crippen LogP contribution in [-0.2, 0) is 0 Å². The number of rotatable bonds is 2. The molecule has 0 aromatic carbocycles. The number of pyridine rings is 1. The van der Waals surface area contributed by atoms with Crippen molar-refractivity contribution in [3.05, 3.63) is 34.8 Å². The van der Waals surface area contributed by atoms with Crippen LogP contribution in [0.15, 0.2) is 18.5 Å². The fourth-order valence-electron chi connectivity index (χ4n) is 1.46. The molecule has 0 unspecified atom stereocenters. The third-order valence-corrected chi connectivity index (χ3v) is 3.64. The largest absolute Gasteiger partial charge is 0.261 e. The number of thiazole rings is 1. The molecule has 0 aliphatic rings. The van der Waals surface area contributed by atoms with Crippen molar-refractivity contribution < 1.29 is 4.39 Å². The first-order valence-electron chi connectivity index (χ1n) is 5.13. The van der Waals surface area contributed by atoms with Gasteiger partial charge in [0.2, 0.25) is 0 Å². The van der Waals surface area contributed by atoms with Gasteiger partial charge in [-0.05, 0) is 12.0 Å². The van der Waals surface area contributed by atoms with Gasteiger partial charge in [0.25, 0.3) is 0 Å². The van der Waals surface area contributed by atoms with E-state index in [9.17, 15) is 4.39 Å². The number of aromatic nitrogens is 2. The van der Waals surface area contributed by atoms with Gasteiger partial charge in [0.15, 0.2) is 5.69 Å².